The molecule has 0 saturated carbocycles. The number of halogens is 6. The number of ether oxygens (including phenoxy) is 1. The molecule has 0 unspecified atom stereocenters. The van der Waals surface area contributed by atoms with Gasteiger partial charge in [0.05, 0.1) is 5.56 Å². The van der Waals surface area contributed by atoms with Gasteiger partial charge in [-0.1, -0.05) is 30.2 Å². The first kappa shape index (κ1) is 16.7. The van der Waals surface area contributed by atoms with E-state index in [1.165, 1.54) is 24.3 Å². The Balaban J connectivity index is 2.58. The zero-order chi connectivity index (χ0) is 17.3. The zero-order valence-corrected chi connectivity index (χ0v) is 11.3. The Morgan fingerprint density at radius 3 is 2.13 bits per heavy atom. The zero-order valence-electron chi connectivity index (χ0n) is 11.3. The third-order valence-corrected chi connectivity index (χ3v) is 2.90. The van der Waals surface area contributed by atoms with Crippen LogP contribution < -0.4 is 4.74 Å². The number of rotatable bonds is 2. The number of alkyl halides is 6. The average Bonchev–Trinajstić information content (AvgIpc) is 2.44. The van der Waals surface area contributed by atoms with Crippen LogP contribution >= 0.6 is 0 Å². The molecular formula is C16H8F6O. The first-order valence-electron chi connectivity index (χ1n) is 6.15. The van der Waals surface area contributed by atoms with Gasteiger partial charge in [0.2, 0.25) is 0 Å². The molecule has 23 heavy (non-hydrogen) atoms. The molecule has 0 radical (unpaired) electrons. The van der Waals surface area contributed by atoms with Crippen LogP contribution in [-0.2, 0) is 6.18 Å². The van der Waals surface area contributed by atoms with Crippen LogP contribution in [0, 0.1) is 12.3 Å². The second-order valence-electron chi connectivity index (χ2n) is 4.45. The van der Waals surface area contributed by atoms with Crippen LogP contribution in [0.25, 0.3) is 11.1 Å². The minimum absolute atomic E-state index is 0.0869. The van der Waals surface area contributed by atoms with Gasteiger partial charge in [-0.2, -0.15) is 13.2 Å². The van der Waals surface area contributed by atoms with Gasteiger partial charge in [-0.15, -0.1) is 19.6 Å². The molecule has 0 heterocycles. The summed E-state index contributed by atoms with van der Waals surface area (Å²) in [5, 5.41) is 0. The van der Waals surface area contributed by atoms with Gasteiger partial charge in [-0.25, -0.2) is 0 Å². The Hall–Kier alpha value is -2.62. The topological polar surface area (TPSA) is 9.23 Å². The van der Waals surface area contributed by atoms with E-state index in [0.29, 0.717) is 6.07 Å². The summed E-state index contributed by atoms with van der Waals surface area (Å²) in [6.07, 6.45) is -4.66. The Morgan fingerprint density at radius 2 is 1.57 bits per heavy atom. The van der Waals surface area contributed by atoms with Gasteiger partial charge in [-0.05, 0) is 23.8 Å². The summed E-state index contributed by atoms with van der Waals surface area (Å²) in [4.78, 5) is 0. The minimum atomic E-state index is -4.96. The van der Waals surface area contributed by atoms with Crippen LogP contribution in [0.5, 0.6) is 5.75 Å². The second-order valence-corrected chi connectivity index (χ2v) is 4.45. The van der Waals surface area contributed by atoms with Crippen molar-refractivity contribution >= 4 is 0 Å². The predicted molar refractivity (Wildman–Crippen MR) is 71.5 cm³/mol. The number of hydrogen-bond acceptors (Lipinski definition) is 1. The normalized spacial score (nSPS) is 11.9. The van der Waals surface area contributed by atoms with Gasteiger partial charge in [0.15, 0.2) is 0 Å². The largest absolute Gasteiger partial charge is 0.573 e. The Kier molecular flexibility index (Phi) is 4.28. The molecule has 0 atom stereocenters. The first-order chi connectivity index (χ1) is 10.6. The molecule has 0 aliphatic carbocycles. The lowest BCUT2D eigenvalue weighted by Crippen LogP contribution is -2.17. The molecule has 2 rings (SSSR count). The number of hydrogen-bond donors (Lipinski definition) is 0. The lowest BCUT2D eigenvalue weighted by molar-refractivity contribution is -0.274. The van der Waals surface area contributed by atoms with Gasteiger partial charge in [0.25, 0.3) is 0 Å². The summed E-state index contributed by atoms with van der Waals surface area (Å²) in [6, 6.07) is 7.86. The van der Waals surface area contributed by atoms with Gasteiger partial charge in [-0.3, -0.25) is 0 Å². The van der Waals surface area contributed by atoms with E-state index in [1.54, 1.807) is 0 Å². The molecule has 2 aromatic carbocycles. The fourth-order valence-electron chi connectivity index (χ4n) is 1.99. The van der Waals surface area contributed by atoms with Crippen molar-refractivity contribution in [3.63, 3.8) is 0 Å². The highest BCUT2D eigenvalue weighted by Gasteiger charge is 2.34. The first-order valence-corrected chi connectivity index (χ1v) is 6.15. The van der Waals surface area contributed by atoms with Crippen molar-refractivity contribution in [1.29, 1.82) is 0 Å². The summed E-state index contributed by atoms with van der Waals surface area (Å²) in [7, 11) is 0. The smallest absolute Gasteiger partial charge is 0.405 e. The van der Waals surface area contributed by atoms with E-state index < -0.39 is 29.4 Å². The van der Waals surface area contributed by atoms with Crippen molar-refractivity contribution in [2.24, 2.45) is 0 Å². The Morgan fingerprint density at radius 1 is 0.913 bits per heavy atom. The number of terminal acetylenes is 1. The van der Waals surface area contributed by atoms with Gasteiger partial charge < -0.3 is 4.74 Å². The van der Waals surface area contributed by atoms with Gasteiger partial charge in [0.1, 0.15) is 5.75 Å². The molecule has 1 nitrogen and oxygen atoms in total. The molecule has 0 aliphatic heterocycles. The monoisotopic (exact) mass is 330 g/mol. The summed E-state index contributed by atoms with van der Waals surface area (Å²) in [6.45, 7) is 0. The molecule has 0 N–H and O–H groups in total. The van der Waals surface area contributed by atoms with E-state index in [9.17, 15) is 26.3 Å². The van der Waals surface area contributed by atoms with Crippen LogP contribution in [-0.4, -0.2) is 6.36 Å². The standard InChI is InChI=1S/C16H8F6O/c1-2-10-7-8-11(9-13(10)15(17,18)19)12-5-3-4-6-14(12)23-16(20,21)22/h1,3-9H. The Bertz CT molecular complexity index is 752. The molecule has 0 bridgehead atoms. The lowest BCUT2D eigenvalue weighted by Gasteiger charge is -2.15. The molecule has 7 heteroatoms. The molecule has 0 aromatic heterocycles. The molecule has 2 aromatic rings. The van der Waals surface area contributed by atoms with Crippen molar-refractivity contribution < 1.29 is 31.1 Å². The quantitative estimate of drug-likeness (QED) is 0.540. The summed E-state index contributed by atoms with van der Waals surface area (Å²) in [5.74, 6) is 1.31. The third-order valence-electron chi connectivity index (χ3n) is 2.90. The van der Waals surface area contributed by atoms with Gasteiger partial charge in [0, 0.05) is 11.1 Å². The van der Waals surface area contributed by atoms with Crippen molar-refractivity contribution in [2.45, 2.75) is 12.5 Å². The summed E-state index contributed by atoms with van der Waals surface area (Å²) >= 11 is 0. The van der Waals surface area contributed by atoms with Crippen molar-refractivity contribution in [3.8, 4) is 29.2 Å². The maximum atomic E-state index is 13.0. The van der Waals surface area contributed by atoms with E-state index in [4.69, 9.17) is 6.42 Å². The fraction of sp³-hybridized carbons (Fsp3) is 0.125. The molecule has 120 valence electrons. The number of para-hydroxylation sites is 1. The van der Waals surface area contributed by atoms with Crippen LogP contribution in [0.2, 0.25) is 0 Å². The molecule has 0 saturated heterocycles. The molecule has 0 spiro atoms. The minimum Gasteiger partial charge on any atom is -0.405 e. The van der Waals surface area contributed by atoms with E-state index in [1.807, 2.05) is 5.92 Å². The highest BCUT2D eigenvalue weighted by Crippen LogP contribution is 2.38. The van der Waals surface area contributed by atoms with Crippen LogP contribution in [0.15, 0.2) is 42.5 Å². The summed E-state index contributed by atoms with van der Waals surface area (Å²) in [5.41, 5.74) is -1.70. The lowest BCUT2D eigenvalue weighted by atomic mass is 9.98. The van der Waals surface area contributed by atoms with Crippen LogP contribution in [0.4, 0.5) is 26.3 Å². The predicted octanol–water partition coefficient (Wildman–Crippen LogP) is 5.25. The molecule has 0 aliphatic rings. The number of benzene rings is 2. The fourth-order valence-corrected chi connectivity index (χ4v) is 1.99. The maximum Gasteiger partial charge on any atom is 0.573 e. The third kappa shape index (κ3) is 3.97. The van der Waals surface area contributed by atoms with Crippen LogP contribution in [0.3, 0.4) is 0 Å². The van der Waals surface area contributed by atoms with Crippen molar-refractivity contribution in [2.75, 3.05) is 0 Å². The van der Waals surface area contributed by atoms with Crippen LogP contribution in [0.1, 0.15) is 11.1 Å². The SMILES string of the molecule is C#Cc1ccc(-c2ccccc2OC(F)(F)F)cc1C(F)(F)F. The molecular weight excluding hydrogens is 322 g/mol. The maximum absolute atomic E-state index is 13.0. The highest BCUT2D eigenvalue weighted by atomic mass is 19.4. The van der Waals surface area contributed by atoms with E-state index >= 15 is 0 Å². The van der Waals surface area contributed by atoms with Crippen molar-refractivity contribution in [1.82, 2.24) is 0 Å². The molecule has 0 amide bonds. The average molecular weight is 330 g/mol. The second kappa shape index (κ2) is 5.88. The van der Waals surface area contributed by atoms with E-state index in [2.05, 4.69) is 4.74 Å². The van der Waals surface area contributed by atoms with E-state index in [0.717, 1.165) is 12.1 Å². The van der Waals surface area contributed by atoms with Gasteiger partial charge >= 0.3 is 12.5 Å². The van der Waals surface area contributed by atoms with Crippen molar-refractivity contribution in [3.05, 3.63) is 53.6 Å². The summed E-state index contributed by atoms with van der Waals surface area (Å²) < 4.78 is 80.0. The highest BCUT2D eigenvalue weighted by molar-refractivity contribution is 5.72. The van der Waals surface area contributed by atoms with E-state index in [-0.39, 0.29) is 11.1 Å². The molecule has 0 fully saturated rings. The Labute approximate surface area is 127 Å².